The third kappa shape index (κ3) is 4.30. The summed E-state index contributed by atoms with van der Waals surface area (Å²) >= 11 is 5.87. The standard InChI is InChI=1S/C13H15ClN2O4S/c1-4-11(15-5-2)13(17)16-21(18,19)12-8-9(20-3)6-7-10(12)14/h4-8H,1-3H3,(H,16,17)/b11-4-,15-5?. The van der Waals surface area contributed by atoms with Gasteiger partial charge in [-0.25, -0.2) is 13.1 Å². The third-order valence-electron chi connectivity index (χ3n) is 2.43. The summed E-state index contributed by atoms with van der Waals surface area (Å²) < 4.78 is 31.3. The molecule has 0 unspecified atom stereocenters. The number of nitrogens with one attached hydrogen (secondary N) is 1. The van der Waals surface area contributed by atoms with Gasteiger partial charge in [0.2, 0.25) is 0 Å². The Kier molecular flexibility index (Phi) is 5.92. The van der Waals surface area contributed by atoms with E-state index in [0.717, 1.165) is 0 Å². The van der Waals surface area contributed by atoms with Gasteiger partial charge in [-0.05, 0) is 26.0 Å². The molecule has 0 atom stereocenters. The van der Waals surface area contributed by atoms with Crippen LogP contribution in [-0.4, -0.2) is 27.6 Å². The number of carbonyl (C=O) groups excluding carboxylic acids is 1. The second kappa shape index (κ2) is 7.24. The summed E-state index contributed by atoms with van der Waals surface area (Å²) in [6.45, 7) is 3.19. The molecule has 0 aliphatic heterocycles. The second-order valence-electron chi connectivity index (χ2n) is 3.79. The van der Waals surface area contributed by atoms with Crippen LogP contribution in [0.2, 0.25) is 5.02 Å². The summed E-state index contributed by atoms with van der Waals surface area (Å²) in [6, 6.07) is 4.12. The van der Waals surface area contributed by atoms with Crippen LogP contribution in [0.4, 0.5) is 0 Å². The van der Waals surface area contributed by atoms with E-state index in [1.807, 2.05) is 4.72 Å². The average molecular weight is 331 g/mol. The van der Waals surface area contributed by atoms with Crippen molar-refractivity contribution in [2.75, 3.05) is 7.11 Å². The van der Waals surface area contributed by atoms with E-state index in [1.165, 1.54) is 37.6 Å². The maximum atomic E-state index is 12.2. The number of rotatable bonds is 5. The quantitative estimate of drug-likeness (QED) is 0.662. The minimum Gasteiger partial charge on any atom is -0.497 e. The van der Waals surface area contributed by atoms with Crippen LogP contribution < -0.4 is 9.46 Å². The predicted molar refractivity (Wildman–Crippen MR) is 81.3 cm³/mol. The molecule has 0 aliphatic carbocycles. The Hall–Kier alpha value is -1.86. The Labute approximate surface area is 128 Å². The van der Waals surface area contributed by atoms with E-state index in [2.05, 4.69) is 4.99 Å². The van der Waals surface area contributed by atoms with Crippen molar-refractivity contribution in [2.24, 2.45) is 4.99 Å². The van der Waals surface area contributed by atoms with Gasteiger partial charge in [0.05, 0.1) is 12.1 Å². The molecule has 8 heteroatoms. The Balaban J connectivity index is 3.15. The van der Waals surface area contributed by atoms with Gasteiger partial charge < -0.3 is 4.74 Å². The molecule has 0 aliphatic rings. The van der Waals surface area contributed by atoms with Crippen LogP contribution in [0.3, 0.4) is 0 Å². The van der Waals surface area contributed by atoms with Crippen LogP contribution in [-0.2, 0) is 14.8 Å². The predicted octanol–water partition coefficient (Wildman–Crippen LogP) is 2.15. The fourth-order valence-electron chi connectivity index (χ4n) is 1.45. The molecular formula is C13H15ClN2O4S. The molecule has 0 saturated heterocycles. The number of hydrogen-bond donors (Lipinski definition) is 1. The number of sulfonamides is 1. The lowest BCUT2D eigenvalue weighted by Gasteiger charge is -2.10. The first kappa shape index (κ1) is 17.2. The lowest BCUT2D eigenvalue weighted by atomic mass is 10.3. The number of carbonyl (C=O) groups is 1. The largest absolute Gasteiger partial charge is 0.497 e. The molecule has 1 N–H and O–H groups in total. The first-order valence-electron chi connectivity index (χ1n) is 5.91. The van der Waals surface area contributed by atoms with E-state index in [4.69, 9.17) is 16.3 Å². The number of nitrogens with zero attached hydrogens (tertiary/aromatic N) is 1. The van der Waals surface area contributed by atoms with Crippen molar-refractivity contribution in [2.45, 2.75) is 18.7 Å². The number of methoxy groups -OCH3 is 1. The number of aliphatic imine (C=N–C) groups is 1. The molecule has 0 spiro atoms. The summed E-state index contributed by atoms with van der Waals surface area (Å²) in [5.41, 5.74) is -0.0138. The first-order chi connectivity index (χ1) is 9.85. The molecule has 6 nitrogen and oxygen atoms in total. The normalized spacial score (nSPS) is 12.5. The van der Waals surface area contributed by atoms with E-state index < -0.39 is 15.9 Å². The van der Waals surface area contributed by atoms with Crippen LogP contribution in [0.15, 0.2) is 39.9 Å². The number of hydrogen-bond acceptors (Lipinski definition) is 5. The summed E-state index contributed by atoms with van der Waals surface area (Å²) in [4.78, 5) is 15.4. The number of halogens is 1. The Bertz CT molecular complexity index is 696. The monoisotopic (exact) mass is 330 g/mol. The Morgan fingerprint density at radius 2 is 2.05 bits per heavy atom. The third-order valence-corrected chi connectivity index (χ3v) is 4.24. The van der Waals surface area contributed by atoms with Crippen LogP contribution in [0.1, 0.15) is 13.8 Å². The van der Waals surface area contributed by atoms with Gasteiger partial charge in [0.1, 0.15) is 16.3 Å². The van der Waals surface area contributed by atoms with Crippen LogP contribution in [0.25, 0.3) is 0 Å². The molecule has 1 aromatic rings. The Morgan fingerprint density at radius 3 is 2.57 bits per heavy atom. The van der Waals surface area contributed by atoms with Gasteiger partial charge in [-0.3, -0.25) is 9.79 Å². The van der Waals surface area contributed by atoms with Gasteiger partial charge in [-0.15, -0.1) is 0 Å². The van der Waals surface area contributed by atoms with Crippen molar-refractivity contribution >= 4 is 33.7 Å². The SMILES string of the molecule is CC=N/C(=C\C)C(=O)NS(=O)(=O)c1cc(OC)ccc1Cl. The van der Waals surface area contributed by atoms with Gasteiger partial charge >= 0.3 is 0 Å². The molecule has 1 aromatic carbocycles. The van der Waals surface area contributed by atoms with Crippen molar-refractivity contribution in [3.8, 4) is 5.75 Å². The second-order valence-corrected chi connectivity index (χ2v) is 5.85. The molecule has 0 bridgehead atoms. The summed E-state index contributed by atoms with van der Waals surface area (Å²) in [5.74, 6) is -0.528. The average Bonchev–Trinajstić information content (AvgIpc) is 2.44. The lowest BCUT2D eigenvalue weighted by Crippen LogP contribution is -2.31. The molecule has 1 rings (SSSR count). The highest BCUT2D eigenvalue weighted by atomic mass is 35.5. The van der Waals surface area contributed by atoms with E-state index in [0.29, 0.717) is 5.75 Å². The number of benzene rings is 1. The van der Waals surface area contributed by atoms with Crippen molar-refractivity contribution in [3.63, 3.8) is 0 Å². The highest BCUT2D eigenvalue weighted by Crippen LogP contribution is 2.26. The molecule has 21 heavy (non-hydrogen) atoms. The topological polar surface area (TPSA) is 84.8 Å². The van der Waals surface area contributed by atoms with Crippen LogP contribution >= 0.6 is 11.6 Å². The molecule has 0 fully saturated rings. The van der Waals surface area contributed by atoms with E-state index in [1.54, 1.807) is 13.8 Å². The number of amides is 1. The zero-order chi connectivity index (χ0) is 16.0. The van der Waals surface area contributed by atoms with Gasteiger partial charge in [0.15, 0.2) is 0 Å². The fourth-order valence-corrected chi connectivity index (χ4v) is 2.93. The smallest absolute Gasteiger partial charge is 0.283 e. The fraction of sp³-hybridized carbons (Fsp3) is 0.231. The number of ether oxygens (including phenoxy) is 1. The van der Waals surface area contributed by atoms with Gasteiger partial charge in [0, 0.05) is 12.3 Å². The van der Waals surface area contributed by atoms with Crippen LogP contribution in [0.5, 0.6) is 5.75 Å². The molecule has 0 aromatic heterocycles. The molecule has 114 valence electrons. The lowest BCUT2D eigenvalue weighted by molar-refractivity contribution is -0.115. The highest BCUT2D eigenvalue weighted by molar-refractivity contribution is 7.90. The number of allylic oxidation sites excluding steroid dienone is 1. The molecule has 1 amide bonds. The molecule has 0 saturated carbocycles. The molecule has 0 radical (unpaired) electrons. The minimum absolute atomic E-state index is 0.0138. The summed E-state index contributed by atoms with van der Waals surface area (Å²) in [6.07, 6.45) is 2.79. The van der Waals surface area contributed by atoms with Crippen molar-refractivity contribution in [3.05, 3.63) is 35.0 Å². The van der Waals surface area contributed by atoms with Crippen LogP contribution in [0, 0.1) is 0 Å². The summed E-state index contributed by atoms with van der Waals surface area (Å²) in [7, 11) is -2.73. The zero-order valence-electron chi connectivity index (χ0n) is 11.8. The van der Waals surface area contributed by atoms with E-state index >= 15 is 0 Å². The van der Waals surface area contributed by atoms with E-state index in [9.17, 15) is 13.2 Å². The maximum Gasteiger partial charge on any atom is 0.283 e. The van der Waals surface area contributed by atoms with Crippen molar-refractivity contribution < 1.29 is 17.9 Å². The Morgan fingerprint density at radius 1 is 1.38 bits per heavy atom. The molecular weight excluding hydrogens is 316 g/mol. The summed E-state index contributed by atoms with van der Waals surface area (Å²) in [5, 5.41) is -0.0166. The zero-order valence-corrected chi connectivity index (χ0v) is 13.3. The minimum atomic E-state index is -4.12. The first-order valence-corrected chi connectivity index (χ1v) is 7.77. The van der Waals surface area contributed by atoms with Crippen molar-refractivity contribution in [1.82, 2.24) is 4.72 Å². The maximum absolute atomic E-state index is 12.2. The van der Waals surface area contributed by atoms with Gasteiger partial charge in [0.25, 0.3) is 15.9 Å². The van der Waals surface area contributed by atoms with Crippen molar-refractivity contribution in [1.29, 1.82) is 0 Å². The van der Waals surface area contributed by atoms with E-state index in [-0.39, 0.29) is 15.6 Å². The van der Waals surface area contributed by atoms with Gasteiger partial charge in [-0.2, -0.15) is 0 Å². The highest BCUT2D eigenvalue weighted by Gasteiger charge is 2.23. The van der Waals surface area contributed by atoms with Gasteiger partial charge in [-0.1, -0.05) is 17.7 Å². The molecule has 0 heterocycles.